The van der Waals surface area contributed by atoms with Crippen molar-refractivity contribution in [3.05, 3.63) is 83.7 Å². The van der Waals surface area contributed by atoms with Crippen molar-refractivity contribution in [1.82, 2.24) is 9.88 Å². The molecule has 1 aromatic heterocycles. The zero-order valence-corrected chi connectivity index (χ0v) is 13.6. The number of rotatable bonds is 6. The monoisotopic (exact) mass is 306 g/mol. The van der Waals surface area contributed by atoms with Gasteiger partial charge in [-0.05, 0) is 36.8 Å². The van der Waals surface area contributed by atoms with Crippen LogP contribution in [-0.2, 0) is 13.1 Å². The fourth-order valence-corrected chi connectivity index (χ4v) is 2.66. The highest BCUT2D eigenvalue weighted by atomic mass is 16.5. The average Bonchev–Trinajstić information content (AvgIpc) is 3.05. The van der Waals surface area contributed by atoms with Crippen LogP contribution in [0.4, 0.5) is 0 Å². The zero-order valence-electron chi connectivity index (χ0n) is 13.6. The average molecular weight is 306 g/mol. The molecule has 0 bridgehead atoms. The molecule has 0 aliphatic carbocycles. The second kappa shape index (κ2) is 7.16. The number of hydrogen-bond acceptors (Lipinski definition) is 2. The van der Waals surface area contributed by atoms with Crippen molar-refractivity contribution >= 4 is 0 Å². The van der Waals surface area contributed by atoms with Crippen LogP contribution in [0.2, 0.25) is 0 Å². The largest absolute Gasteiger partial charge is 0.495 e. The van der Waals surface area contributed by atoms with Gasteiger partial charge < -0.3 is 14.6 Å². The van der Waals surface area contributed by atoms with Crippen LogP contribution in [0.1, 0.15) is 16.8 Å². The molecule has 23 heavy (non-hydrogen) atoms. The zero-order chi connectivity index (χ0) is 16.1. The van der Waals surface area contributed by atoms with Crippen LogP contribution in [0.5, 0.6) is 5.75 Å². The number of aryl methyl sites for hydroxylation is 1. The number of para-hydroxylation sites is 2. The van der Waals surface area contributed by atoms with Gasteiger partial charge in [0.15, 0.2) is 0 Å². The summed E-state index contributed by atoms with van der Waals surface area (Å²) in [4.78, 5) is 0. The maximum atomic E-state index is 5.47. The molecular formula is C20H22N2O. The first kappa shape index (κ1) is 15.4. The van der Waals surface area contributed by atoms with E-state index in [2.05, 4.69) is 65.5 Å². The number of hydrogen-bond donors (Lipinski definition) is 1. The van der Waals surface area contributed by atoms with E-state index in [0.717, 1.165) is 24.5 Å². The van der Waals surface area contributed by atoms with E-state index in [1.165, 1.54) is 16.8 Å². The van der Waals surface area contributed by atoms with Crippen molar-refractivity contribution < 1.29 is 4.74 Å². The predicted octanol–water partition coefficient (Wildman–Crippen LogP) is 4.08. The standard InChI is InChI=1S/C20H22N2O/c1-16-9-11-17(12-10-16)14-21-15-18-6-5-13-22(18)19-7-3-4-8-20(19)23-2/h3-13,21H,14-15H2,1-2H3. The molecule has 1 heterocycles. The Morgan fingerprint density at radius 3 is 2.48 bits per heavy atom. The van der Waals surface area contributed by atoms with Crippen LogP contribution in [0.3, 0.4) is 0 Å². The van der Waals surface area contributed by atoms with Gasteiger partial charge in [-0.1, -0.05) is 42.0 Å². The van der Waals surface area contributed by atoms with E-state index in [4.69, 9.17) is 4.74 Å². The summed E-state index contributed by atoms with van der Waals surface area (Å²) < 4.78 is 7.64. The van der Waals surface area contributed by atoms with Gasteiger partial charge in [0.05, 0.1) is 12.8 Å². The topological polar surface area (TPSA) is 26.2 Å². The Labute approximate surface area is 137 Å². The third-order valence-corrected chi connectivity index (χ3v) is 3.93. The lowest BCUT2D eigenvalue weighted by Gasteiger charge is -2.13. The fourth-order valence-electron chi connectivity index (χ4n) is 2.66. The summed E-state index contributed by atoms with van der Waals surface area (Å²) in [5.74, 6) is 0.878. The third-order valence-electron chi connectivity index (χ3n) is 3.93. The molecule has 0 saturated carbocycles. The lowest BCUT2D eigenvalue weighted by Crippen LogP contribution is -2.15. The molecule has 0 amide bonds. The van der Waals surface area contributed by atoms with Gasteiger partial charge in [-0.3, -0.25) is 0 Å². The number of nitrogens with zero attached hydrogens (tertiary/aromatic N) is 1. The molecule has 118 valence electrons. The number of nitrogens with one attached hydrogen (secondary N) is 1. The minimum atomic E-state index is 0.804. The van der Waals surface area contributed by atoms with E-state index >= 15 is 0 Å². The first-order valence-electron chi connectivity index (χ1n) is 7.84. The summed E-state index contributed by atoms with van der Waals surface area (Å²) in [6.07, 6.45) is 2.07. The summed E-state index contributed by atoms with van der Waals surface area (Å²) in [6.45, 7) is 3.77. The van der Waals surface area contributed by atoms with Crippen LogP contribution in [0.25, 0.3) is 5.69 Å². The molecule has 3 heteroatoms. The Morgan fingerprint density at radius 1 is 0.913 bits per heavy atom. The predicted molar refractivity (Wildman–Crippen MR) is 94.0 cm³/mol. The highest BCUT2D eigenvalue weighted by molar-refractivity contribution is 5.48. The minimum absolute atomic E-state index is 0.804. The summed E-state index contributed by atoms with van der Waals surface area (Å²) in [5.41, 5.74) is 4.86. The van der Waals surface area contributed by atoms with Crippen molar-refractivity contribution in [2.75, 3.05) is 7.11 Å². The Kier molecular flexibility index (Phi) is 4.79. The van der Waals surface area contributed by atoms with E-state index in [1.807, 2.05) is 18.2 Å². The van der Waals surface area contributed by atoms with Gasteiger partial charge in [0.1, 0.15) is 5.75 Å². The molecule has 0 aliphatic rings. The van der Waals surface area contributed by atoms with E-state index < -0.39 is 0 Å². The van der Waals surface area contributed by atoms with Crippen molar-refractivity contribution in [1.29, 1.82) is 0 Å². The van der Waals surface area contributed by atoms with Gasteiger partial charge in [-0.15, -0.1) is 0 Å². The number of ether oxygens (including phenoxy) is 1. The van der Waals surface area contributed by atoms with E-state index in [1.54, 1.807) is 7.11 Å². The smallest absolute Gasteiger partial charge is 0.142 e. The molecule has 3 nitrogen and oxygen atoms in total. The Hall–Kier alpha value is -2.52. The van der Waals surface area contributed by atoms with E-state index in [0.29, 0.717) is 0 Å². The first-order valence-corrected chi connectivity index (χ1v) is 7.84. The SMILES string of the molecule is COc1ccccc1-n1cccc1CNCc1ccc(C)cc1. The number of benzene rings is 2. The first-order chi connectivity index (χ1) is 11.3. The van der Waals surface area contributed by atoms with Crippen LogP contribution in [0, 0.1) is 6.92 Å². The summed E-state index contributed by atoms with van der Waals surface area (Å²) in [5, 5.41) is 3.51. The van der Waals surface area contributed by atoms with Crippen LogP contribution in [-0.4, -0.2) is 11.7 Å². The molecule has 0 radical (unpaired) electrons. The summed E-state index contributed by atoms with van der Waals surface area (Å²) in [6, 6.07) is 20.9. The normalized spacial score (nSPS) is 10.7. The maximum Gasteiger partial charge on any atom is 0.142 e. The molecule has 0 saturated heterocycles. The second-order valence-electron chi connectivity index (χ2n) is 5.63. The fraction of sp³-hybridized carbons (Fsp3) is 0.200. The van der Waals surface area contributed by atoms with Gasteiger partial charge in [0.2, 0.25) is 0 Å². The van der Waals surface area contributed by atoms with Crippen molar-refractivity contribution in [2.24, 2.45) is 0 Å². The lowest BCUT2D eigenvalue weighted by molar-refractivity contribution is 0.412. The van der Waals surface area contributed by atoms with Crippen LogP contribution >= 0.6 is 0 Å². The minimum Gasteiger partial charge on any atom is -0.495 e. The third kappa shape index (κ3) is 3.63. The molecule has 0 spiro atoms. The van der Waals surface area contributed by atoms with Crippen LogP contribution in [0.15, 0.2) is 66.9 Å². The van der Waals surface area contributed by atoms with Gasteiger partial charge in [0.25, 0.3) is 0 Å². The Balaban J connectivity index is 1.70. The summed E-state index contributed by atoms with van der Waals surface area (Å²) >= 11 is 0. The highest BCUT2D eigenvalue weighted by Gasteiger charge is 2.07. The number of methoxy groups -OCH3 is 1. The summed E-state index contributed by atoms with van der Waals surface area (Å²) in [7, 11) is 1.71. The molecule has 1 N–H and O–H groups in total. The molecule has 3 rings (SSSR count). The quantitative estimate of drug-likeness (QED) is 0.742. The molecule has 0 atom stereocenters. The van der Waals surface area contributed by atoms with Crippen molar-refractivity contribution in [2.45, 2.75) is 20.0 Å². The number of aromatic nitrogens is 1. The molecular weight excluding hydrogens is 284 g/mol. The Morgan fingerprint density at radius 2 is 1.70 bits per heavy atom. The molecule has 0 fully saturated rings. The van der Waals surface area contributed by atoms with Crippen LogP contribution < -0.4 is 10.1 Å². The molecule has 0 aliphatic heterocycles. The van der Waals surface area contributed by atoms with Crippen molar-refractivity contribution in [3.8, 4) is 11.4 Å². The van der Waals surface area contributed by atoms with Gasteiger partial charge in [-0.25, -0.2) is 0 Å². The molecule has 3 aromatic rings. The van der Waals surface area contributed by atoms with Gasteiger partial charge in [0, 0.05) is 25.0 Å². The molecule has 2 aromatic carbocycles. The Bertz CT molecular complexity index is 759. The second-order valence-corrected chi connectivity index (χ2v) is 5.63. The molecule has 0 unspecified atom stereocenters. The highest BCUT2D eigenvalue weighted by Crippen LogP contribution is 2.23. The van der Waals surface area contributed by atoms with E-state index in [-0.39, 0.29) is 0 Å². The lowest BCUT2D eigenvalue weighted by atomic mass is 10.1. The van der Waals surface area contributed by atoms with Crippen molar-refractivity contribution in [3.63, 3.8) is 0 Å². The van der Waals surface area contributed by atoms with Gasteiger partial charge >= 0.3 is 0 Å². The maximum absolute atomic E-state index is 5.47. The van der Waals surface area contributed by atoms with Gasteiger partial charge in [-0.2, -0.15) is 0 Å². The van der Waals surface area contributed by atoms with E-state index in [9.17, 15) is 0 Å².